The molecule has 1 aromatic rings. The largest absolute Gasteiger partial charge is 0.481 e. The number of hydrogen-bond acceptors (Lipinski definition) is 6. The van der Waals surface area contributed by atoms with Crippen LogP contribution in [0.5, 0.6) is 0 Å². The van der Waals surface area contributed by atoms with Gasteiger partial charge < -0.3 is 20.4 Å². The Labute approximate surface area is 151 Å². The Balaban J connectivity index is 3.07. The van der Waals surface area contributed by atoms with E-state index in [-0.39, 0.29) is 0 Å². The summed E-state index contributed by atoms with van der Waals surface area (Å²) in [4.78, 5) is 44.3. The molecule has 1 rings (SSSR count). The van der Waals surface area contributed by atoms with Gasteiger partial charge in [0.15, 0.2) is 0 Å². The molecule has 0 aliphatic carbocycles. The van der Waals surface area contributed by atoms with Gasteiger partial charge in [-0.2, -0.15) is 0 Å². The van der Waals surface area contributed by atoms with Gasteiger partial charge in [-0.1, -0.05) is 30.3 Å². The third kappa shape index (κ3) is 7.48. The third-order valence-corrected chi connectivity index (χ3v) is 6.02. The molecule has 0 aromatic heterocycles. The zero-order chi connectivity index (χ0) is 19.0. The van der Waals surface area contributed by atoms with E-state index in [1.54, 1.807) is 30.3 Å². The lowest BCUT2D eigenvalue weighted by Gasteiger charge is -2.22. The van der Waals surface area contributed by atoms with Crippen molar-refractivity contribution in [2.75, 3.05) is 0 Å². The molecule has 0 aliphatic heterocycles. The number of carboxylic acid groups (broad SMARTS) is 4. The van der Waals surface area contributed by atoms with E-state index in [2.05, 4.69) is 0 Å². The fourth-order valence-electron chi connectivity index (χ4n) is 1.80. The summed E-state index contributed by atoms with van der Waals surface area (Å²) in [6.45, 7) is 0. The van der Waals surface area contributed by atoms with Gasteiger partial charge in [-0.05, 0) is 5.56 Å². The summed E-state index contributed by atoms with van der Waals surface area (Å²) in [5, 5.41) is 33.5. The molecule has 0 radical (unpaired) electrons. The molecule has 0 saturated heterocycles. The van der Waals surface area contributed by atoms with Crippen molar-refractivity contribution in [3.63, 3.8) is 0 Å². The van der Waals surface area contributed by atoms with Crippen molar-refractivity contribution in [3.05, 3.63) is 35.9 Å². The summed E-state index contributed by atoms with van der Waals surface area (Å²) in [5.41, 5.74) is 0.575. The molecule has 0 heterocycles. The summed E-state index contributed by atoms with van der Waals surface area (Å²) >= 11 is 1.56. The number of thioether (sulfide) groups is 2. The Hall–Kier alpha value is -2.20. The lowest BCUT2D eigenvalue weighted by molar-refractivity contribution is -0.143. The van der Waals surface area contributed by atoms with Crippen LogP contribution in [0.4, 0.5) is 0 Å². The number of carbonyl (C=O) groups is 4. The molecule has 0 saturated carbocycles. The van der Waals surface area contributed by atoms with Gasteiger partial charge in [-0.15, -0.1) is 23.5 Å². The highest BCUT2D eigenvalue weighted by Crippen LogP contribution is 2.45. The van der Waals surface area contributed by atoms with Crippen LogP contribution in [0.3, 0.4) is 0 Å². The minimum Gasteiger partial charge on any atom is -0.481 e. The molecule has 0 aliphatic rings. The van der Waals surface area contributed by atoms with Crippen LogP contribution in [-0.4, -0.2) is 54.8 Å². The van der Waals surface area contributed by atoms with Crippen LogP contribution < -0.4 is 0 Å². The Morgan fingerprint density at radius 3 is 1.48 bits per heavy atom. The van der Waals surface area contributed by atoms with E-state index in [0.717, 1.165) is 23.5 Å². The van der Waals surface area contributed by atoms with Crippen molar-refractivity contribution in [1.29, 1.82) is 0 Å². The molecule has 0 bridgehead atoms. The van der Waals surface area contributed by atoms with E-state index < -0.39 is 51.8 Å². The maximum absolute atomic E-state index is 11.3. The quantitative estimate of drug-likeness (QED) is 0.415. The highest BCUT2D eigenvalue weighted by Gasteiger charge is 2.31. The fraction of sp³-hybridized carbons (Fsp3) is 0.333. The summed E-state index contributed by atoms with van der Waals surface area (Å²) in [5.74, 6) is -5.26. The summed E-state index contributed by atoms with van der Waals surface area (Å²) in [6.07, 6.45) is -1.28. The van der Waals surface area contributed by atoms with Gasteiger partial charge in [0.1, 0.15) is 10.5 Å². The molecule has 0 amide bonds. The molecule has 2 unspecified atom stereocenters. The first-order valence-corrected chi connectivity index (χ1v) is 8.84. The van der Waals surface area contributed by atoms with Crippen molar-refractivity contribution in [3.8, 4) is 0 Å². The fourth-order valence-corrected chi connectivity index (χ4v) is 4.80. The number of benzene rings is 1. The number of hydrogen-bond donors (Lipinski definition) is 4. The minimum atomic E-state index is -1.33. The topological polar surface area (TPSA) is 149 Å². The highest BCUT2D eigenvalue weighted by molar-refractivity contribution is 8.17. The maximum Gasteiger partial charge on any atom is 0.317 e. The monoisotopic (exact) mass is 388 g/mol. The van der Waals surface area contributed by atoms with E-state index in [0.29, 0.717) is 5.56 Å². The molecule has 2 atom stereocenters. The molecule has 0 fully saturated rings. The van der Waals surface area contributed by atoms with Crippen LogP contribution >= 0.6 is 23.5 Å². The number of carboxylic acids is 4. The van der Waals surface area contributed by atoms with Crippen molar-refractivity contribution >= 4 is 47.4 Å². The maximum atomic E-state index is 11.3. The van der Waals surface area contributed by atoms with Gasteiger partial charge in [-0.3, -0.25) is 19.2 Å². The molecule has 136 valence electrons. The van der Waals surface area contributed by atoms with Crippen LogP contribution in [0.25, 0.3) is 0 Å². The first kappa shape index (κ1) is 20.8. The zero-order valence-corrected chi connectivity index (χ0v) is 14.4. The highest BCUT2D eigenvalue weighted by atomic mass is 32.2. The van der Waals surface area contributed by atoms with E-state index >= 15 is 0 Å². The van der Waals surface area contributed by atoms with Gasteiger partial charge in [0.25, 0.3) is 0 Å². The van der Waals surface area contributed by atoms with Crippen molar-refractivity contribution < 1.29 is 39.6 Å². The average Bonchev–Trinajstić information content (AvgIpc) is 2.52. The van der Waals surface area contributed by atoms with Crippen LogP contribution in [0, 0.1) is 0 Å². The van der Waals surface area contributed by atoms with Gasteiger partial charge in [0.2, 0.25) is 0 Å². The smallest absolute Gasteiger partial charge is 0.317 e. The predicted octanol–water partition coefficient (Wildman–Crippen LogP) is 2.01. The predicted molar refractivity (Wildman–Crippen MR) is 91.7 cm³/mol. The van der Waals surface area contributed by atoms with Crippen LogP contribution in [-0.2, 0) is 19.2 Å². The summed E-state index contributed by atoms with van der Waals surface area (Å²) < 4.78 is -0.748. The van der Waals surface area contributed by atoms with E-state index in [1.807, 2.05) is 0 Å². The summed E-state index contributed by atoms with van der Waals surface area (Å²) in [6, 6.07) is 8.34. The second-order valence-corrected chi connectivity index (χ2v) is 7.79. The van der Waals surface area contributed by atoms with E-state index in [9.17, 15) is 29.4 Å². The first-order chi connectivity index (χ1) is 11.7. The first-order valence-electron chi connectivity index (χ1n) is 6.95. The molecule has 4 N–H and O–H groups in total. The van der Waals surface area contributed by atoms with Crippen LogP contribution in [0.15, 0.2) is 30.3 Å². The Bertz CT molecular complexity index is 598. The standard InChI is InChI=1S/C15H16O8S2/c16-11(17)6-9(13(20)21)24-15(8-4-2-1-3-5-8)25-10(14(22)23)7-12(18)19/h1-5,9-10,15H,6-7H2,(H,16,17)(H,18,19)(H,20,21)(H,22,23). The summed E-state index contributed by atoms with van der Waals surface area (Å²) in [7, 11) is 0. The molecular weight excluding hydrogens is 372 g/mol. The average molecular weight is 388 g/mol. The van der Waals surface area contributed by atoms with Crippen molar-refractivity contribution in [1.82, 2.24) is 0 Å². The van der Waals surface area contributed by atoms with Crippen molar-refractivity contribution in [2.45, 2.75) is 27.9 Å². The molecule has 10 heteroatoms. The second-order valence-electron chi connectivity index (χ2n) is 4.86. The van der Waals surface area contributed by atoms with Crippen LogP contribution in [0.1, 0.15) is 23.0 Å². The molecule has 1 aromatic carbocycles. The normalized spacial score (nSPS) is 14.2. The van der Waals surface area contributed by atoms with Gasteiger partial charge in [-0.25, -0.2) is 0 Å². The molecular formula is C15H16O8S2. The zero-order valence-electron chi connectivity index (χ0n) is 12.8. The second kappa shape index (κ2) is 9.94. The SMILES string of the molecule is O=C(O)CC(SC(SC(CC(=O)O)C(=O)O)c1ccccc1)C(=O)O. The number of rotatable bonds is 11. The lowest BCUT2D eigenvalue weighted by Crippen LogP contribution is -2.24. The molecule has 25 heavy (non-hydrogen) atoms. The minimum absolute atomic E-state index is 0.575. The van der Waals surface area contributed by atoms with Crippen molar-refractivity contribution in [2.24, 2.45) is 0 Å². The van der Waals surface area contributed by atoms with E-state index in [1.165, 1.54) is 0 Å². The van der Waals surface area contributed by atoms with Gasteiger partial charge in [0.05, 0.1) is 17.4 Å². The lowest BCUT2D eigenvalue weighted by atomic mass is 10.2. The van der Waals surface area contributed by atoms with Gasteiger partial charge >= 0.3 is 23.9 Å². The number of aliphatic carboxylic acids is 4. The van der Waals surface area contributed by atoms with Gasteiger partial charge in [0, 0.05) is 0 Å². The molecule has 8 nitrogen and oxygen atoms in total. The molecule has 0 spiro atoms. The Morgan fingerprint density at radius 1 is 0.760 bits per heavy atom. The Morgan fingerprint density at radius 2 is 1.16 bits per heavy atom. The third-order valence-electron chi connectivity index (χ3n) is 2.92. The van der Waals surface area contributed by atoms with E-state index in [4.69, 9.17) is 10.2 Å². The Kier molecular flexibility index (Phi) is 8.29. The van der Waals surface area contributed by atoms with Crippen LogP contribution in [0.2, 0.25) is 0 Å².